The first-order valence-corrected chi connectivity index (χ1v) is 13.1. The minimum Gasteiger partial charge on any atom is -0.359 e. The lowest BCUT2D eigenvalue weighted by Crippen LogP contribution is -2.19. The van der Waals surface area contributed by atoms with Gasteiger partial charge in [0.15, 0.2) is 0 Å². The van der Waals surface area contributed by atoms with Crippen LogP contribution in [-0.2, 0) is 0 Å². The Morgan fingerprint density at radius 2 is 1.21 bits per heavy atom. The maximum absolute atomic E-state index is 8.62. The fourth-order valence-electron chi connectivity index (χ4n) is 6.08. The molecule has 8 rings (SSSR count). The number of aromatic nitrogens is 2. The third kappa shape index (κ3) is 3.15. The molecule has 4 heteroatoms. The van der Waals surface area contributed by atoms with E-state index in [0.717, 1.165) is 33.7 Å². The molecular weight excluding hydrogens is 476 g/mol. The molecule has 1 aliphatic heterocycles. The molecule has 4 nitrogen and oxygen atoms in total. The summed E-state index contributed by atoms with van der Waals surface area (Å²) >= 11 is 0. The van der Waals surface area contributed by atoms with Crippen LogP contribution in [0.2, 0.25) is 0 Å². The summed E-state index contributed by atoms with van der Waals surface area (Å²) in [5, 5.41) is 17.0. The van der Waals surface area contributed by atoms with E-state index in [9.17, 15) is 0 Å². The molecule has 2 N–H and O–H groups in total. The largest absolute Gasteiger partial charge is 0.359 e. The third-order valence-electron chi connectivity index (χ3n) is 7.75. The van der Waals surface area contributed by atoms with Crippen molar-refractivity contribution in [1.82, 2.24) is 14.5 Å². The van der Waals surface area contributed by atoms with Crippen LogP contribution in [0.5, 0.6) is 0 Å². The van der Waals surface area contributed by atoms with E-state index in [2.05, 4.69) is 112 Å². The van der Waals surface area contributed by atoms with Gasteiger partial charge in [-0.25, -0.2) is 0 Å². The van der Waals surface area contributed by atoms with Crippen molar-refractivity contribution in [1.29, 1.82) is 5.41 Å². The standard InChI is InChI=1S/C35H24N4/c36-29-16-7-4-15-26(29)35-32(19-10-20-37-35)39-31-18-9-6-14-25(31)28-21-27-24-13-5-8-17-30(24)38(33(27)22-34(28)39)23-11-2-1-3-12-23/h1-22,36-37H/b35-26-,36-29?. The van der Waals surface area contributed by atoms with Gasteiger partial charge in [0.25, 0.3) is 0 Å². The molecule has 0 unspecified atom stereocenters. The van der Waals surface area contributed by atoms with Crippen LogP contribution in [-0.4, -0.2) is 14.8 Å². The molecule has 6 aromatic rings. The maximum atomic E-state index is 8.62. The maximum Gasteiger partial charge on any atom is 0.0719 e. The van der Waals surface area contributed by atoms with E-state index in [1.165, 1.54) is 32.6 Å². The molecule has 2 aromatic heterocycles. The van der Waals surface area contributed by atoms with Gasteiger partial charge in [-0.2, -0.15) is 0 Å². The molecule has 39 heavy (non-hydrogen) atoms. The van der Waals surface area contributed by atoms with E-state index in [4.69, 9.17) is 5.41 Å². The number of hydrogen-bond donors (Lipinski definition) is 2. The van der Waals surface area contributed by atoms with Gasteiger partial charge in [-0.3, -0.25) is 0 Å². The zero-order chi connectivity index (χ0) is 25.9. The van der Waals surface area contributed by atoms with Gasteiger partial charge in [-0.05, 0) is 54.6 Å². The lowest BCUT2D eigenvalue weighted by molar-refractivity contribution is 1.04. The molecule has 4 aromatic carbocycles. The van der Waals surface area contributed by atoms with Crippen LogP contribution in [0.3, 0.4) is 0 Å². The normalized spacial score (nSPS) is 17.0. The second kappa shape index (κ2) is 8.33. The summed E-state index contributed by atoms with van der Waals surface area (Å²) in [6, 6.07) is 32.5. The second-order valence-electron chi connectivity index (χ2n) is 9.90. The van der Waals surface area contributed by atoms with Crippen LogP contribution in [0, 0.1) is 5.41 Å². The number of nitrogens with zero attached hydrogens (tertiary/aromatic N) is 2. The van der Waals surface area contributed by atoms with Crippen molar-refractivity contribution in [2.75, 3.05) is 0 Å². The minimum absolute atomic E-state index is 0.494. The van der Waals surface area contributed by atoms with Gasteiger partial charge in [-0.15, -0.1) is 0 Å². The molecule has 0 saturated heterocycles. The Morgan fingerprint density at radius 1 is 0.564 bits per heavy atom. The second-order valence-corrected chi connectivity index (χ2v) is 9.90. The van der Waals surface area contributed by atoms with E-state index >= 15 is 0 Å². The summed E-state index contributed by atoms with van der Waals surface area (Å²) in [5.41, 5.74) is 9.08. The summed E-state index contributed by atoms with van der Waals surface area (Å²) in [4.78, 5) is 0. The van der Waals surface area contributed by atoms with Gasteiger partial charge >= 0.3 is 0 Å². The Kier molecular flexibility index (Phi) is 4.64. The predicted octanol–water partition coefficient (Wildman–Crippen LogP) is 8.25. The predicted molar refractivity (Wildman–Crippen MR) is 163 cm³/mol. The number of benzene rings is 4. The first-order valence-electron chi connectivity index (χ1n) is 13.1. The zero-order valence-electron chi connectivity index (χ0n) is 21.1. The van der Waals surface area contributed by atoms with Crippen LogP contribution in [0.25, 0.3) is 55.0 Å². The number of para-hydroxylation sites is 3. The van der Waals surface area contributed by atoms with E-state index in [-0.39, 0.29) is 0 Å². The molecule has 0 fully saturated rings. The molecule has 2 aliphatic rings. The van der Waals surface area contributed by atoms with Gasteiger partial charge in [0.2, 0.25) is 0 Å². The Balaban J connectivity index is 1.52. The van der Waals surface area contributed by atoms with Crippen molar-refractivity contribution in [2.24, 2.45) is 0 Å². The van der Waals surface area contributed by atoms with Crippen molar-refractivity contribution in [3.8, 4) is 5.69 Å². The number of nitrogens with one attached hydrogen (secondary N) is 2. The van der Waals surface area contributed by atoms with Crippen LogP contribution >= 0.6 is 0 Å². The first kappa shape index (κ1) is 21.7. The van der Waals surface area contributed by atoms with Crippen molar-refractivity contribution < 1.29 is 0 Å². The smallest absolute Gasteiger partial charge is 0.0719 e. The molecule has 0 saturated carbocycles. The highest BCUT2D eigenvalue weighted by Crippen LogP contribution is 2.40. The van der Waals surface area contributed by atoms with Crippen LogP contribution in [0.4, 0.5) is 0 Å². The molecule has 0 radical (unpaired) electrons. The summed E-state index contributed by atoms with van der Waals surface area (Å²) in [6.45, 7) is 0. The van der Waals surface area contributed by atoms with E-state index in [0.29, 0.717) is 5.71 Å². The van der Waals surface area contributed by atoms with Crippen LogP contribution in [0.15, 0.2) is 145 Å². The van der Waals surface area contributed by atoms with Gasteiger partial charge in [0.05, 0.1) is 39.2 Å². The highest BCUT2D eigenvalue weighted by Gasteiger charge is 2.22. The molecule has 0 spiro atoms. The topological polar surface area (TPSA) is 45.7 Å². The number of dihydropyridines is 1. The fraction of sp³-hybridized carbons (Fsp3) is 0. The Hall–Kier alpha value is -5.35. The number of hydrogen-bond acceptors (Lipinski definition) is 2. The van der Waals surface area contributed by atoms with E-state index < -0.39 is 0 Å². The quantitative estimate of drug-likeness (QED) is 0.247. The lowest BCUT2D eigenvalue weighted by atomic mass is 10.00. The highest BCUT2D eigenvalue weighted by atomic mass is 15.1. The molecule has 3 heterocycles. The van der Waals surface area contributed by atoms with Crippen LogP contribution in [0.1, 0.15) is 0 Å². The summed E-state index contributed by atoms with van der Waals surface area (Å²) in [7, 11) is 0. The number of allylic oxidation sites excluding steroid dienone is 8. The number of rotatable bonds is 2. The first-order chi connectivity index (χ1) is 19.3. The Labute approximate surface area is 225 Å². The fourth-order valence-corrected chi connectivity index (χ4v) is 6.08. The van der Waals surface area contributed by atoms with Crippen molar-refractivity contribution >= 4 is 55.0 Å². The van der Waals surface area contributed by atoms with Crippen molar-refractivity contribution in [3.05, 3.63) is 145 Å². The SMILES string of the molecule is N=C1C=CC=C/C1=C1/NC=CC=C1n1c2ccccc2c2cc3c4ccccc4n(-c4ccccc4)c3cc21. The molecule has 0 bridgehead atoms. The molecule has 1 aliphatic carbocycles. The molecular formula is C35H24N4. The molecule has 184 valence electrons. The molecule has 0 atom stereocenters. The molecule has 0 amide bonds. The van der Waals surface area contributed by atoms with E-state index in [1.807, 2.05) is 36.6 Å². The van der Waals surface area contributed by atoms with Crippen molar-refractivity contribution in [3.63, 3.8) is 0 Å². The average Bonchev–Trinajstić information content (AvgIpc) is 3.49. The third-order valence-corrected chi connectivity index (χ3v) is 7.75. The average molecular weight is 501 g/mol. The Bertz CT molecular complexity index is 2140. The minimum atomic E-state index is 0.494. The monoisotopic (exact) mass is 500 g/mol. The summed E-state index contributed by atoms with van der Waals surface area (Å²) < 4.78 is 4.71. The lowest BCUT2D eigenvalue weighted by Gasteiger charge is -2.22. The highest BCUT2D eigenvalue weighted by molar-refractivity contribution is 6.20. The Morgan fingerprint density at radius 3 is 1.95 bits per heavy atom. The van der Waals surface area contributed by atoms with Gasteiger partial charge < -0.3 is 19.9 Å². The van der Waals surface area contributed by atoms with Crippen molar-refractivity contribution in [2.45, 2.75) is 0 Å². The van der Waals surface area contributed by atoms with Crippen LogP contribution < -0.4 is 5.32 Å². The van der Waals surface area contributed by atoms with Gasteiger partial charge in [0, 0.05) is 39.0 Å². The van der Waals surface area contributed by atoms with Gasteiger partial charge in [0.1, 0.15) is 0 Å². The summed E-state index contributed by atoms with van der Waals surface area (Å²) in [5.74, 6) is 0. The summed E-state index contributed by atoms with van der Waals surface area (Å²) in [6.07, 6.45) is 13.9. The zero-order valence-corrected chi connectivity index (χ0v) is 21.1. The van der Waals surface area contributed by atoms with Gasteiger partial charge in [-0.1, -0.05) is 72.8 Å². The van der Waals surface area contributed by atoms with E-state index in [1.54, 1.807) is 0 Å². The number of fused-ring (bicyclic) bond motifs is 6.